The fourth-order valence-electron chi connectivity index (χ4n) is 2.64. The lowest BCUT2D eigenvalue weighted by molar-refractivity contribution is 0.158. The molecule has 1 fully saturated rings. The zero-order valence-corrected chi connectivity index (χ0v) is 14.2. The van der Waals surface area contributed by atoms with Crippen molar-refractivity contribution in [2.45, 2.75) is 72.8 Å². The first-order valence-electron chi connectivity index (χ1n) is 8.13. The highest BCUT2D eigenvalue weighted by atomic mass is 15.1. The maximum atomic E-state index is 3.61. The van der Waals surface area contributed by atoms with E-state index in [0.717, 1.165) is 5.92 Å². The Bertz CT molecular complexity index is 239. The summed E-state index contributed by atoms with van der Waals surface area (Å²) in [6.45, 7) is 18.9. The normalized spacial score (nSPS) is 19.9. The minimum Gasteiger partial charge on any atom is -0.312 e. The van der Waals surface area contributed by atoms with E-state index in [1.807, 2.05) is 0 Å². The molecule has 1 saturated heterocycles. The number of piperidine rings is 1. The fraction of sp³-hybridized carbons (Fsp3) is 1.00. The smallest absolute Gasteiger partial charge is 0.00965 e. The first-order chi connectivity index (χ1) is 8.66. The van der Waals surface area contributed by atoms with Crippen molar-refractivity contribution in [3.63, 3.8) is 0 Å². The second-order valence-corrected chi connectivity index (χ2v) is 8.56. The van der Waals surface area contributed by atoms with Crippen LogP contribution in [-0.4, -0.2) is 36.6 Å². The predicted molar refractivity (Wildman–Crippen MR) is 85.6 cm³/mol. The molecule has 1 heterocycles. The molecule has 1 aliphatic rings. The molecule has 0 saturated carbocycles. The van der Waals surface area contributed by atoms with Gasteiger partial charge in [0, 0.05) is 5.54 Å². The summed E-state index contributed by atoms with van der Waals surface area (Å²) in [7, 11) is 0. The average molecular weight is 268 g/mol. The van der Waals surface area contributed by atoms with Gasteiger partial charge in [0.15, 0.2) is 0 Å². The Kier molecular flexibility index (Phi) is 6.32. The number of hydrogen-bond donors (Lipinski definition) is 1. The molecule has 1 aliphatic heterocycles. The van der Waals surface area contributed by atoms with Gasteiger partial charge in [-0.25, -0.2) is 0 Å². The average Bonchev–Trinajstić information content (AvgIpc) is 2.25. The van der Waals surface area contributed by atoms with Gasteiger partial charge in [-0.2, -0.15) is 0 Å². The van der Waals surface area contributed by atoms with E-state index in [4.69, 9.17) is 0 Å². The summed E-state index contributed by atoms with van der Waals surface area (Å²) in [5.74, 6) is 0.945. The Labute approximate surface area is 121 Å². The van der Waals surface area contributed by atoms with Gasteiger partial charge in [0.05, 0.1) is 0 Å². The highest BCUT2D eigenvalue weighted by Gasteiger charge is 2.21. The topological polar surface area (TPSA) is 15.3 Å². The van der Waals surface area contributed by atoms with Gasteiger partial charge in [-0.05, 0) is 84.0 Å². The summed E-state index contributed by atoms with van der Waals surface area (Å²) in [4.78, 5) is 2.67. The molecular formula is C17H36N2. The van der Waals surface area contributed by atoms with Crippen LogP contribution in [0, 0.1) is 11.3 Å². The van der Waals surface area contributed by atoms with Gasteiger partial charge < -0.3 is 10.2 Å². The van der Waals surface area contributed by atoms with Crippen LogP contribution >= 0.6 is 0 Å². The van der Waals surface area contributed by atoms with Crippen molar-refractivity contribution in [2.24, 2.45) is 11.3 Å². The molecule has 0 radical (unpaired) electrons. The molecule has 0 atom stereocenters. The molecule has 0 aromatic rings. The van der Waals surface area contributed by atoms with Gasteiger partial charge in [0.1, 0.15) is 0 Å². The maximum absolute atomic E-state index is 3.61. The van der Waals surface area contributed by atoms with E-state index in [1.165, 1.54) is 51.9 Å². The Morgan fingerprint density at radius 1 is 1.00 bits per heavy atom. The molecule has 0 aromatic carbocycles. The third kappa shape index (κ3) is 8.65. The van der Waals surface area contributed by atoms with Gasteiger partial charge in [-0.3, -0.25) is 0 Å². The SMILES string of the molecule is CC(C)(C)CCN1CCC(CCNC(C)(C)C)CC1. The minimum absolute atomic E-state index is 0.271. The van der Waals surface area contributed by atoms with Crippen LogP contribution in [0.15, 0.2) is 0 Å². The van der Waals surface area contributed by atoms with Crippen molar-refractivity contribution >= 4 is 0 Å². The van der Waals surface area contributed by atoms with E-state index in [0.29, 0.717) is 5.41 Å². The monoisotopic (exact) mass is 268 g/mol. The van der Waals surface area contributed by atoms with Gasteiger partial charge in [-0.15, -0.1) is 0 Å². The lowest BCUT2D eigenvalue weighted by Crippen LogP contribution is -2.39. The van der Waals surface area contributed by atoms with Crippen LogP contribution < -0.4 is 5.32 Å². The first kappa shape index (κ1) is 17.0. The van der Waals surface area contributed by atoms with Crippen LogP contribution in [0.3, 0.4) is 0 Å². The van der Waals surface area contributed by atoms with Crippen molar-refractivity contribution in [3.8, 4) is 0 Å². The number of nitrogens with zero attached hydrogens (tertiary/aromatic N) is 1. The zero-order chi connectivity index (χ0) is 14.5. The zero-order valence-electron chi connectivity index (χ0n) is 14.2. The molecule has 0 amide bonds. The highest BCUT2D eigenvalue weighted by molar-refractivity contribution is 4.76. The van der Waals surface area contributed by atoms with E-state index < -0.39 is 0 Å². The molecule has 19 heavy (non-hydrogen) atoms. The van der Waals surface area contributed by atoms with Crippen molar-refractivity contribution in [2.75, 3.05) is 26.2 Å². The van der Waals surface area contributed by atoms with Gasteiger partial charge in [0.25, 0.3) is 0 Å². The molecule has 0 aromatic heterocycles. The predicted octanol–water partition coefficient (Wildman–Crippen LogP) is 3.91. The Balaban J connectivity index is 2.12. The summed E-state index contributed by atoms with van der Waals surface area (Å²) in [6, 6.07) is 0. The third-order valence-corrected chi connectivity index (χ3v) is 4.09. The molecule has 114 valence electrons. The Morgan fingerprint density at radius 3 is 2.05 bits per heavy atom. The van der Waals surface area contributed by atoms with Crippen LogP contribution in [0.2, 0.25) is 0 Å². The molecule has 1 N–H and O–H groups in total. The second kappa shape index (κ2) is 7.08. The van der Waals surface area contributed by atoms with Crippen molar-refractivity contribution < 1.29 is 0 Å². The third-order valence-electron chi connectivity index (χ3n) is 4.09. The standard InChI is InChI=1S/C17H36N2/c1-16(2,3)10-14-19-12-8-15(9-13-19)7-11-18-17(4,5)6/h15,18H,7-14H2,1-6H3. The molecule has 0 bridgehead atoms. The maximum Gasteiger partial charge on any atom is 0.00965 e. The lowest BCUT2D eigenvalue weighted by Gasteiger charge is -2.34. The number of hydrogen-bond acceptors (Lipinski definition) is 2. The van der Waals surface area contributed by atoms with Crippen LogP contribution in [0.1, 0.15) is 67.2 Å². The van der Waals surface area contributed by atoms with Crippen LogP contribution in [0.4, 0.5) is 0 Å². The van der Waals surface area contributed by atoms with E-state index in [1.54, 1.807) is 0 Å². The molecular weight excluding hydrogens is 232 g/mol. The quantitative estimate of drug-likeness (QED) is 0.813. The van der Waals surface area contributed by atoms with E-state index >= 15 is 0 Å². The van der Waals surface area contributed by atoms with Crippen LogP contribution in [0.5, 0.6) is 0 Å². The molecule has 0 unspecified atom stereocenters. The fourth-order valence-corrected chi connectivity index (χ4v) is 2.64. The Morgan fingerprint density at radius 2 is 1.58 bits per heavy atom. The summed E-state index contributed by atoms with van der Waals surface area (Å²) in [6.07, 6.45) is 5.47. The summed E-state index contributed by atoms with van der Waals surface area (Å²) < 4.78 is 0. The van der Waals surface area contributed by atoms with E-state index in [9.17, 15) is 0 Å². The Hall–Kier alpha value is -0.0800. The highest BCUT2D eigenvalue weighted by Crippen LogP contribution is 2.23. The largest absolute Gasteiger partial charge is 0.312 e. The number of nitrogens with one attached hydrogen (secondary N) is 1. The van der Waals surface area contributed by atoms with Gasteiger partial charge in [-0.1, -0.05) is 20.8 Å². The van der Waals surface area contributed by atoms with E-state index in [-0.39, 0.29) is 5.54 Å². The first-order valence-corrected chi connectivity index (χ1v) is 8.13. The number of likely N-dealkylation sites (tertiary alicyclic amines) is 1. The molecule has 0 spiro atoms. The van der Waals surface area contributed by atoms with Gasteiger partial charge >= 0.3 is 0 Å². The summed E-state index contributed by atoms with van der Waals surface area (Å²) in [5.41, 5.74) is 0.751. The second-order valence-electron chi connectivity index (χ2n) is 8.56. The van der Waals surface area contributed by atoms with Gasteiger partial charge in [0.2, 0.25) is 0 Å². The molecule has 1 rings (SSSR count). The number of rotatable bonds is 5. The summed E-state index contributed by atoms with van der Waals surface area (Å²) in [5, 5.41) is 3.61. The van der Waals surface area contributed by atoms with Crippen molar-refractivity contribution in [1.29, 1.82) is 0 Å². The molecule has 2 heteroatoms. The van der Waals surface area contributed by atoms with Crippen molar-refractivity contribution in [3.05, 3.63) is 0 Å². The lowest BCUT2D eigenvalue weighted by atomic mass is 9.90. The molecule has 0 aliphatic carbocycles. The van der Waals surface area contributed by atoms with Crippen LogP contribution in [-0.2, 0) is 0 Å². The minimum atomic E-state index is 0.271. The van der Waals surface area contributed by atoms with Crippen LogP contribution in [0.25, 0.3) is 0 Å². The summed E-state index contributed by atoms with van der Waals surface area (Å²) >= 11 is 0. The molecule has 2 nitrogen and oxygen atoms in total. The van der Waals surface area contributed by atoms with E-state index in [2.05, 4.69) is 51.8 Å². The van der Waals surface area contributed by atoms with Crippen molar-refractivity contribution in [1.82, 2.24) is 10.2 Å².